The van der Waals surface area contributed by atoms with E-state index in [0.29, 0.717) is 5.56 Å². The van der Waals surface area contributed by atoms with Gasteiger partial charge in [-0.25, -0.2) is 0 Å². The van der Waals surface area contributed by atoms with Gasteiger partial charge in [-0.05, 0) is 25.5 Å². The number of hydrogen-bond acceptors (Lipinski definition) is 6. The molecule has 26 heavy (non-hydrogen) atoms. The van der Waals surface area contributed by atoms with Crippen molar-refractivity contribution in [2.45, 2.75) is 19.5 Å². The Morgan fingerprint density at radius 1 is 1.12 bits per heavy atom. The van der Waals surface area contributed by atoms with Crippen LogP contribution < -0.4 is 0 Å². The third-order valence-corrected chi connectivity index (χ3v) is 6.16. The van der Waals surface area contributed by atoms with Gasteiger partial charge in [0, 0.05) is 0 Å². The number of benzene rings is 2. The lowest BCUT2D eigenvalue weighted by Gasteiger charge is -2.27. The number of nitriles is 1. The van der Waals surface area contributed by atoms with Gasteiger partial charge in [0.25, 0.3) is 5.69 Å². The SMILES string of the molecule is CCOP(=O)(OCC)C(c1ccccc1)c1cccc(C#N)c1[N+](=O)[O-]. The second kappa shape index (κ2) is 8.72. The molecule has 8 heteroatoms. The highest BCUT2D eigenvalue weighted by Gasteiger charge is 2.42. The monoisotopic (exact) mass is 374 g/mol. The molecule has 1 unspecified atom stereocenters. The fourth-order valence-electron chi connectivity index (χ4n) is 2.79. The molecule has 0 saturated carbocycles. The van der Waals surface area contributed by atoms with Crippen LogP contribution in [0.3, 0.4) is 0 Å². The zero-order valence-corrected chi connectivity index (χ0v) is 15.4. The summed E-state index contributed by atoms with van der Waals surface area (Å²) in [5.74, 6) is 0. The van der Waals surface area contributed by atoms with Gasteiger partial charge in [-0.3, -0.25) is 14.7 Å². The fourth-order valence-corrected chi connectivity index (χ4v) is 4.97. The maximum atomic E-state index is 13.5. The molecule has 0 heterocycles. The van der Waals surface area contributed by atoms with Gasteiger partial charge in [-0.15, -0.1) is 0 Å². The second-order valence-corrected chi connectivity index (χ2v) is 7.41. The summed E-state index contributed by atoms with van der Waals surface area (Å²) in [6.45, 7) is 3.58. The third kappa shape index (κ3) is 4.00. The lowest BCUT2D eigenvalue weighted by Crippen LogP contribution is -2.11. The minimum absolute atomic E-state index is 0.104. The second-order valence-electron chi connectivity index (χ2n) is 5.30. The molecule has 0 spiro atoms. The molecule has 2 aromatic rings. The molecule has 2 rings (SSSR count). The van der Waals surface area contributed by atoms with Crippen molar-refractivity contribution < 1.29 is 18.5 Å². The van der Waals surface area contributed by atoms with Crippen molar-refractivity contribution in [3.63, 3.8) is 0 Å². The Balaban J connectivity index is 2.81. The standard InChI is InChI=1S/C18H19N2O5P/c1-3-24-26(23,25-4-2)18(14-9-6-5-7-10-14)16-12-8-11-15(13-19)17(16)20(21)22/h5-12,18H,3-4H2,1-2H3. The number of nitro groups is 1. The Morgan fingerprint density at radius 3 is 2.23 bits per heavy atom. The average molecular weight is 374 g/mol. The zero-order chi connectivity index (χ0) is 19.2. The number of rotatable bonds is 8. The van der Waals surface area contributed by atoms with Crippen LogP contribution in [0.1, 0.15) is 36.2 Å². The quantitative estimate of drug-likeness (QED) is 0.373. The molecule has 1 atom stereocenters. The lowest BCUT2D eigenvalue weighted by molar-refractivity contribution is -0.385. The predicted octanol–water partition coefficient (Wildman–Crippen LogP) is 4.82. The van der Waals surface area contributed by atoms with Crippen molar-refractivity contribution in [2.24, 2.45) is 0 Å². The Hall–Kier alpha value is -2.52. The molecule has 0 N–H and O–H groups in total. The normalized spacial score (nSPS) is 12.3. The predicted molar refractivity (Wildman–Crippen MR) is 97.0 cm³/mol. The van der Waals surface area contributed by atoms with E-state index >= 15 is 0 Å². The van der Waals surface area contributed by atoms with Crippen LogP contribution in [-0.4, -0.2) is 18.1 Å². The summed E-state index contributed by atoms with van der Waals surface area (Å²) >= 11 is 0. The van der Waals surface area contributed by atoms with Crippen molar-refractivity contribution in [1.29, 1.82) is 5.26 Å². The number of nitro benzene ring substituents is 1. The van der Waals surface area contributed by atoms with Gasteiger partial charge in [0.2, 0.25) is 0 Å². The number of para-hydroxylation sites is 1. The van der Waals surface area contributed by atoms with Crippen molar-refractivity contribution in [1.82, 2.24) is 0 Å². The van der Waals surface area contributed by atoms with Crippen LogP contribution >= 0.6 is 7.60 Å². The van der Waals surface area contributed by atoms with E-state index < -0.39 is 18.2 Å². The number of nitrogens with zero attached hydrogens (tertiary/aromatic N) is 2. The van der Waals surface area contributed by atoms with Gasteiger partial charge in [0.15, 0.2) is 0 Å². The van der Waals surface area contributed by atoms with E-state index in [1.165, 1.54) is 18.2 Å². The van der Waals surface area contributed by atoms with E-state index in [2.05, 4.69) is 0 Å². The topological polar surface area (TPSA) is 102 Å². The zero-order valence-electron chi connectivity index (χ0n) is 14.5. The van der Waals surface area contributed by atoms with Crippen LogP contribution in [0.5, 0.6) is 0 Å². The first kappa shape index (κ1) is 19.8. The van der Waals surface area contributed by atoms with E-state index in [1.807, 2.05) is 6.07 Å². The van der Waals surface area contributed by atoms with Gasteiger partial charge in [-0.1, -0.05) is 42.5 Å². The summed E-state index contributed by atoms with van der Waals surface area (Å²) in [4.78, 5) is 11.0. The Morgan fingerprint density at radius 2 is 1.73 bits per heavy atom. The van der Waals surface area contributed by atoms with Crippen LogP contribution in [0.15, 0.2) is 48.5 Å². The van der Waals surface area contributed by atoms with Gasteiger partial charge in [-0.2, -0.15) is 5.26 Å². The molecule has 0 aliphatic rings. The highest BCUT2D eigenvalue weighted by atomic mass is 31.2. The minimum Gasteiger partial charge on any atom is -0.308 e. The largest absolute Gasteiger partial charge is 0.342 e. The third-order valence-electron chi connectivity index (χ3n) is 3.71. The molecule has 0 aliphatic heterocycles. The molecule has 0 aromatic heterocycles. The summed E-state index contributed by atoms with van der Waals surface area (Å²) in [5, 5.41) is 20.9. The summed E-state index contributed by atoms with van der Waals surface area (Å²) in [5.41, 5.74) is -0.824. The fraction of sp³-hybridized carbons (Fsp3) is 0.278. The van der Waals surface area contributed by atoms with E-state index in [4.69, 9.17) is 9.05 Å². The van der Waals surface area contributed by atoms with E-state index in [1.54, 1.807) is 44.2 Å². The summed E-state index contributed by atoms with van der Waals surface area (Å²) in [6, 6.07) is 14.9. The van der Waals surface area contributed by atoms with E-state index in [0.717, 1.165) is 0 Å². The van der Waals surface area contributed by atoms with Gasteiger partial charge in [0.1, 0.15) is 17.3 Å². The maximum absolute atomic E-state index is 13.5. The minimum atomic E-state index is -3.78. The van der Waals surface area contributed by atoms with Crippen LogP contribution in [0.4, 0.5) is 5.69 Å². The van der Waals surface area contributed by atoms with Crippen LogP contribution in [0, 0.1) is 21.4 Å². The molecule has 0 bridgehead atoms. The Kier molecular flexibility index (Phi) is 6.64. The van der Waals surface area contributed by atoms with Crippen molar-refractivity contribution in [3.05, 3.63) is 75.3 Å². The first-order chi connectivity index (χ1) is 12.5. The molecule has 136 valence electrons. The molecule has 0 radical (unpaired) electrons. The van der Waals surface area contributed by atoms with Crippen LogP contribution in [-0.2, 0) is 13.6 Å². The molecule has 0 saturated heterocycles. The van der Waals surface area contributed by atoms with Gasteiger partial charge < -0.3 is 9.05 Å². The van der Waals surface area contributed by atoms with E-state index in [-0.39, 0.29) is 30.0 Å². The van der Waals surface area contributed by atoms with Crippen molar-refractivity contribution >= 4 is 13.3 Å². The molecule has 0 amide bonds. The lowest BCUT2D eigenvalue weighted by atomic mass is 10.00. The summed E-state index contributed by atoms with van der Waals surface area (Å²) in [7, 11) is -3.78. The van der Waals surface area contributed by atoms with Gasteiger partial charge >= 0.3 is 7.60 Å². The number of hydrogen-bond donors (Lipinski definition) is 0. The molecule has 7 nitrogen and oxygen atoms in total. The Labute approximate surface area is 151 Å². The smallest absolute Gasteiger partial charge is 0.308 e. The maximum Gasteiger partial charge on any atom is 0.342 e. The van der Waals surface area contributed by atoms with Gasteiger partial charge in [0.05, 0.1) is 23.7 Å². The first-order valence-corrected chi connectivity index (χ1v) is 9.70. The summed E-state index contributed by atoms with van der Waals surface area (Å²) < 4.78 is 24.5. The Bertz CT molecular complexity index is 854. The van der Waals surface area contributed by atoms with Crippen molar-refractivity contribution in [3.8, 4) is 6.07 Å². The molecular formula is C18H19N2O5P. The van der Waals surface area contributed by atoms with Crippen LogP contribution in [0.25, 0.3) is 0 Å². The molecular weight excluding hydrogens is 355 g/mol. The highest BCUT2D eigenvalue weighted by molar-refractivity contribution is 7.54. The highest BCUT2D eigenvalue weighted by Crippen LogP contribution is 2.64. The first-order valence-electron chi connectivity index (χ1n) is 8.09. The van der Waals surface area contributed by atoms with Crippen molar-refractivity contribution in [2.75, 3.05) is 13.2 Å². The van der Waals surface area contributed by atoms with E-state index in [9.17, 15) is 19.9 Å². The molecule has 0 aliphatic carbocycles. The summed E-state index contributed by atoms with van der Waals surface area (Å²) in [6.07, 6.45) is 0. The molecule has 0 fully saturated rings. The van der Waals surface area contributed by atoms with Crippen LogP contribution in [0.2, 0.25) is 0 Å². The average Bonchev–Trinajstić information content (AvgIpc) is 2.62. The molecule has 2 aromatic carbocycles.